The Balaban J connectivity index is 2.53. The third-order valence-electron chi connectivity index (χ3n) is 3.05. The van der Waals surface area contributed by atoms with E-state index in [0.717, 1.165) is 24.5 Å². The fourth-order valence-corrected chi connectivity index (χ4v) is 1.65. The zero-order valence-corrected chi connectivity index (χ0v) is 11.6. The van der Waals surface area contributed by atoms with Gasteiger partial charge in [-0.25, -0.2) is 0 Å². The molecule has 0 amide bonds. The lowest BCUT2D eigenvalue weighted by atomic mass is 10.1. The summed E-state index contributed by atoms with van der Waals surface area (Å²) in [6.45, 7) is 4.58. The Kier molecular flexibility index (Phi) is 5.95. The van der Waals surface area contributed by atoms with Crippen LogP contribution in [-0.2, 0) is 6.42 Å². The fourth-order valence-electron chi connectivity index (χ4n) is 1.65. The van der Waals surface area contributed by atoms with Crippen molar-refractivity contribution in [3.63, 3.8) is 0 Å². The molecule has 4 nitrogen and oxygen atoms in total. The molecule has 1 aromatic rings. The van der Waals surface area contributed by atoms with Crippen molar-refractivity contribution in [2.75, 3.05) is 20.8 Å². The van der Waals surface area contributed by atoms with Crippen molar-refractivity contribution < 1.29 is 14.6 Å². The third kappa shape index (κ3) is 4.20. The van der Waals surface area contributed by atoms with Crippen LogP contribution >= 0.6 is 0 Å². The summed E-state index contributed by atoms with van der Waals surface area (Å²) in [6, 6.07) is 6.01. The summed E-state index contributed by atoms with van der Waals surface area (Å²) >= 11 is 0. The Morgan fingerprint density at radius 3 is 2.39 bits per heavy atom. The predicted molar refractivity (Wildman–Crippen MR) is 72.4 cm³/mol. The summed E-state index contributed by atoms with van der Waals surface area (Å²) in [5, 5.41) is 12.6. The molecule has 2 atom stereocenters. The molecule has 2 N–H and O–H groups in total. The second-order valence-corrected chi connectivity index (χ2v) is 4.42. The molecule has 1 aromatic carbocycles. The summed E-state index contributed by atoms with van der Waals surface area (Å²) in [5.41, 5.74) is 1.18. The molecule has 0 aliphatic carbocycles. The predicted octanol–water partition coefficient (Wildman–Crippen LogP) is 1.61. The van der Waals surface area contributed by atoms with Crippen LogP contribution in [0.1, 0.15) is 19.4 Å². The van der Waals surface area contributed by atoms with E-state index in [1.165, 1.54) is 5.56 Å². The summed E-state index contributed by atoms with van der Waals surface area (Å²) in [5.74, 6) is 1.49. The van der Waals surface area contributed by atoms with Crippen molar-refractivity contribution >= 4 is 0 Å². The van der Waals surface area contributed by atoms with Crippen LogP contribution in [0.5, 0.6) is 11.5 Å². The molecule has 18 heavy (non-hydrogen) atoms. The van der Waals surface area contributed by atoms with Crippen LogP contribution in [0.4, 0.5) is 0 Å². The minimum Gasteiger partial charge on any atom is -0.493 e. The number of nitrogens with one attached hydrogen (secondary N) is 1. The monoisotopic (exact) mass is 253 g/mol. The van der Waals surface area contributed by atoms with Gasteiger partial charge in [-0.3, -0.25) is 0 Å². The SMILES string of the molecule is COc1ccc(CCNC(C)C(C)O)cc1OC. The van der Waals surface area contributed by atoms with Crippen LogP contribution in [-0.4, -0.2) is 38.0 Å². The maximum atomic E-state index is 9.37. The minimum atomic E-state index is -0.338. The molecule has 0 aromatic heterocycles. The molecule has 0 spiro atoms. The van der Waals surface area contributed by atoms with Gasteiger partial charge < -0.3 is 19.9 Å². The van der Waals surface area contributed by atoms with Gasteiger partial charge >= 0.3 is 0 Å². The lowest BCUT2D eigenvalue weighted by Gasteiger charge is -2.16. The lowest BCUT2D eigenvalue weighted by molar-refractivity contribution is 0.153. The number of methoxy groups -OCH3 is 2. The van der Waals surface area contributed by atoms with Crippen LogP contribution in [0.3, 0.4) is 0 Å². The molecule has 102 valence electrons. The van der Waals surface area contributed by atoms with Crippen molar-refractivity contribution in [2.45, 2.75) is 32.4 Å². The standard InChI is InChI=1S/C14H23NO3/c1-10(11(2)16)15-8-7-12-5-6-13(17-3)14(9-12)18-4/h5-6,9-11,15-16H,7-8H2,1-4H3. The molecular weight excluding hydrogens is 230 g/mol. The van der Waals surface area contributed by atoms with E-state index in [0.29, 0.717) is 0 Å². The number of ether oxygens (including phenoxy) is 2. The van der Waals surface area contributed by atoms with Crippen molar-refractivity contribution in [1.82, 2.24) is 5.32 Å². The van der Waals surface area contributed by atoms with E-state index in [9.17, 15) is 5.11 Å². The van der Waals surface area contributed by atoms with E-state index in [1.807, 2.05) is 25.1 Å². The van der Waals surface area contributed by atoms with Gasteiger partial charge in [0.2, 0.25) is 0 Å². The van der Waals surface area contributed by atoms with E-state index in [-0.39, 0.29) is 12.1 Å². The highest BCUT2D eigenvalue weighted by molar-refractivity contribution is 5.42. The number of aliphatic hydroxyl groups excluding tert-OH is 1. The van der Waals surface area contributed by atoms with Crippen LogP contribution < -0.4 is 14.8 Å². The fraction of sp³-hybridized carbons (Fsp3) is 0.571. The van der Waals surface area contributed by atoms with Gasteiger partial charge in [-0.05, 0) is 44.5 Å². The summed E-state index contributed by atoms with van der Waals surface area (Å²) in [7, 11) is 3.26. The normalized spacial score (nSPS) is 14.1. The number of hydrogen-bond acceptors (Lipinski definition) is 4. The third-order valence-corrected chi connectivity index (χ3v) is 3.05. The highest BCUT2D eigenvalue weighted by atomic mass is 16.5. The topological polar surface area (TPSA) is 50.7 Å². The van der Waals surface area contributed by atoms with Crippen LogP contribution in [0.25, 0.3) is 0 Å². The van der Waals surface area contributed by atoms with Gasteiger partial charge in [0.1, 0.15) is 0 Å². The first kappa shape index (κ1) is 14.8. The van der Waals surface area contributed by atoms with Gasteiger partial charge in [0, 0.05) is 6.04 Å². The average molecular weight is 253 g/mol. The summed E-state index contributed by atoms with van der Waals surface area (Å²) in [4.78, 5) is 0. The van der Waals surface area contributed by atoms with E-state index < -0.39 is 0 Å². The molecule has 0 saturated carbocycles. The highest BCUT2D eigenvalue weighted by Gasteiger charge is 2.08. The molecule has 0 radical (unpaired) electrons. The molecule has 0 aliphatic heterocycles. The largest absolute Gasteiger partial charge is 0.493 e. The van der Waals surface area contributed by atoms with E-state index in [1.54, 1.807) is 21.1 Å². The quantitative estimate of drug-likeness (QED) is 0.775. The molecule has 1 rings (SSSR count). The van der Waals surface area contributed by atoms with Gasteiger partial charge in [-0.2, -0.15) is 0 Å². The Hall–Kier alpha value is -1.26. The maximum absolute atomic E-state index is 9.37. The molecule has 0 heterocycles. The average Bonchev–Trinajstić information content (AvgIpc) is 2.38. The molecule has 0 fully saturated rings. The van der Waals surface area contributed by atoms with Gasteiger partial charge in [0.05, 0.1) is 20.3 Å². The lowest BCUT2D eigenvalue weighted by Crippen LogP contribution is -2.36. The Morgan fingerprint density at radius 1 is 1.17 bits per heavy atom. The Bertz CT molecular complexity index is 366. The molecule has 4 heteroatoms. The second-order valence-electron chi connectivity index (χ2n) is 4.42. The molecule has 0 aliphatic rings. The van der Waals surface area contributed by atoms with Crippen LogP contribution in [0.2, 0.25) is 0 Å². The number of aliphatic hydroxyl groups is 1. The summed E-state index contributed by atoms with van der Waals surface area (Å²) < 4.78 is 10.4. The minimum absolute atomic E-state index is 0.102. The maximum Gasteiger partial charge on any atom is 0.160 e. The number of hydrogen-bond donors (Lipinski definition) is 2. The first-order valence-electron chi connectivity index (χ1n) is 6.20. The van der Waals surface area contributed by atoms with Gasteiger partial charge in [0.15, 0.2) is 11.5 Å². The van der Waals surface area contributed by atoms with Crippen LogP contribution in [0.15, 0.2) is 18.2 Å². The van der Waals surface area contributed by atoms with Crippen molar-refractivity contribution in [3.05, 3.63) is 23.8 Å². The number of rotatable bonds is 7. The van der Waals surface area contributed by atoms with E-state index in [2.05, 4.69) is 5.32 Å². The molecular formula is C14H23NO3. The molecule has 0 saturated heterocycles. The summed E-state index contributed by atoms with van der Waals surface area (Å²) in [6.07, 6.45) is 0.549. The highest BCUT2D eigenvalue weighted by Crippen LogP contribution is 2.27. The van der Waals surface area contributed by atoms with E-state index >= 15 is 0 Å². The number of benzene rings is 1. The molecule has 0 bridgehead atoms. The van der Waals surface area contributed by atoms with Crippen molar-refractivity contribution in [1.29, 1.82) is 0 Å². The Morgan fingerprint density at radius 2 is 1.83 bits per heavy atom. The zero-order chi connectivity index (χ0) is 13.5. The smallest absolute Gasteiger partial charge is 0.160 e. The first-order chi connectivity index (χ1) is 8.58. The Labute approximate surface area is 109 Å². The van der Waals surface area contributed by atoms with Crippen molar-refractivity contribution in [3.8, 4) is 11.5 Å². The first-order valence-corrected chi connectivity index (χ1v) is 6.20. The second kappa shape index (κ2) is 7.24. The van der Waals surface area contributed by atoms with Gasteiger partial charge in [0.25, 0.3) is 0 Å². The van der Waals surface area contributed by atoms with Gasteiger partial charge in [-0.1, -0.05) is 6.07 Å². The zero-order valence-electron chi connectivity index (χ0n) is 11.6. The van der Waals surface area contributed by atoms with E-state index in [4.69, 9.17) is 9.47 Å². The van der Waals surface area contributed by atoms with Crippen LogP contribution in [0, 0.1) is 0 Å². The van der Waals surface area contributed by atoms with Crippen molar-refractivity contribution in [2.24, 2.45) is 0 Å². The molecule has 2 unspecified atom stereocenters. The van der Waals surface area contributed by atoms with Gasteiger partial charge in [-0.15, -0.1) is 0 Å².